The fraction of sp³-hybridized carbons (Fsp3) is 0.632. The molecule has 1 amide bonds. The van der Waals surface area contributed by atoms with E-state index < -0.39 is 20.0 Å². The monoisotopic (exact) mass is 1090 g/mol. The van der Waals surface area contributed by atoms with E-state index in [0.717, 1.165) is 109 Å². The number of nitrogens with one attached hydrogen (secondary N) is 1. The summed E-state index contributed by atoms with van der Waals surface area (Å²) in [6, 6.07) is -0.835. The number of rotatable bonds is 54. The van der Waals surface area contributed by atoms with Crippen LogP contribution in [0.4, 0.5) is 0 Å². The largest absolute Gasteiger partial charge is 0.756 e. The number of unbranched alkanes of at least 4 members (excludes halogenated alkanes) is 17. The first kappa shape index (κ1) is 73.4. The Hall–Kier alpha value is -3.62. The van der Waals surface area contributed by atoms with E-state index in [1.165, 1.54) is 83.5 Å². The lowest BCUT2D eigenvalue weighted by Gasteiger charge is -2.30. The molecule has 438 valence electrons. The molecule has 0 bridgehead atoms. The molecular weight excluding hydrogens is 972 g/mol. The maximum Gasteiger partial charge on any atom is 0.268 e. The van der Waals surface area contributed by atoms with E-state index in [4.69, 9.17) is 9.05 Å². The molecule has 0 aromatic heterocycles. The Labute approximate surface area is 474 Å². The number of aliphatic hydroxyl groups excluding tert-OH is 1. The highest BCUT2D eigenvalue weighted by Gasteiger charge is 2.24. The van der Waals surface area contributed by atoms with Gasteiger partial charge in [0.05, 0.1) is 39.9 Å². The molecule has 3 unspecified atom stereocenters. The summed E-state index contributed by atoms with van der Waals surface area (Å²) in [7, 11) is 1.26. The first-order valence-electron chi connectivity index (χ1n) is 30.7. The SMILES string of the molecule is CC/C=C\C/C=C\C/C=C\C/C=C\C/C=C\C/C=C\C/C=C\C/C=C\C/C=C\C/C=C\C/C=C\C/C=C\CCCCC(=O)NC(COP(=O)([O-])OCC[N+](C)(C)C)C(O)CCCCCCCCCCCCCCCCCC. The molecule has 0 rings (SSSR count). The standard InChI is InChI=1S/C68H115N2O6P/c1-6-8-10-12-14-16-18-20-22-24-25-26-27-28-29-30-31-32-33-34-35-36-37-38-39-40-41-42-43-44-45-46-48-50-52-54-56-58-60-62-68(72)69-66(65-76-77(73,74)75-64-63-70(3,4)5)67(71)61-59-57-55-53-51-49-47-23-21-19-17-15-13-11-9-7-2/h8,10,14,16,20,22,25-26,28-29,31-32,34-35,37-38,40-41,43-44,46,48,52,54,66-67,71H,6-7,9,11-13,15,17-19,21,23-24,27,30,33,36,39,42,45,47,49-51,53,55-65H2,1-5H3,(H-,69,72,73,74)/b10-8-,16-14-,22-20-,26-25-,29-28-,32-31-,35-34-,38-37-,41-40-,44-43-,48-46-,54-52-. The number of allylic oxidation sites excluding steroid dienone is 24. The molecule has 0 aromatic rings. The summed E-state index contributed by atoms with van der Waals surface area (Å²) in [5.74, 6) is -0.212. The van der Waals surface area contributed by atoms with Gasteiger partial charge in [-0.1, -0.05) is 262 Å². The van der Waals surface area contributed by atoms with Crippen molar-refractivity contribution >= 4 is 13.7 Å². The normalized spacial score (nSPS) is 14.8. The van der Waals surface area contributed by atoms with Crippen molar-refractivity contribution in [1.29, 1.82) is 0 Å². The molecule has 2 N–H and O–H groups in total. The van der Waals surface area contributed by atoms with Crippen LogP contribution in [0.1, 0.15) is 226 Å². The Morgan fingerprint density at radius 1 is 0.468 bits per heavy atom. The van der Waals surface area contributed by atoms with Crippen LogP contribution in [0.25, 0.3) is 0 Å². The third-order valence-corrected chi connectivity index (χ3v) is 13.8. The molecule has 77 heavy (non-hydrogen) atoms. The molecule has 0 spiro atoms. The lowest BCUT2D eigenvalue weighted by Crippen LogP contribution is -2.46. The van der Waals surface area contributed by atoms with Gasteiger partial charge >= 0.3 is 0 Å². The van der Waals surface area contributed by atoms with Crippen LogP contribution < -0.4 is 10.2 Å². The molecule has 0 radical (unpaired) electrons. The predicted octanol–water partition coefficient (Wildman–Crippen LogP) is 18.6. The van der Waals surface area contributed by atoms with Gasteiger partial charge in [0.25, 0.3) is 7.82 Å². The number of carbonyl (C=O) groups is 1. The molecule has 0 saturated heterocycles. The van der Waals surface area contributed by atoms with E-state index in [1.54, 1.807) is 0 Å². The Morgan fingerprint density at radius 3 is 1.13 bits per heavy atom. The van der Waals surface area contributed by atoms with Gasteiger partial charge in [0.2, 0.25) is 5.91 Å². The Bertz CT molecular complexity index is 1760. The van der Waals surface area contributed by atoms with E-state index in [1.807, 2.05) is 21.1 Å². The summed E-state index contributed by atoms with van der Waals surface area (Å²) < 4.78 is 23.4. The molecular formula is C68H115N2O6P. The number of nitrogens with zero attached hydrogens (tertiary/aromatic N) is 1. The van der Waals surface area contributed by atoms with Crippen molar-refractivity contribution in [1.82, 2.24) is 5.32 Å². The maximum atomic E-state index is 13.0. The summed E-state index contributed by atoms with van der Waals surface area (Å²) in [6.45, 7) is 4.56. The molecule has 0 saturated carbocycles. The second-order valence-corrected chi connectivity index (χ2v) is 22.7. The number of phosphoric ester groups is 1. The third kappa shape index (κ3) is 59.9. The Balaban J connectivity index is 4.24. The number of carbonyl (C=O) groups excluding carboxylic acids is 1. The minimum atomic E-state index is -4.60. The minimum absolute atomic E-state index is 0.00403. The molecule has 0 fully saturated rings. The van der Waals surface area contributed by atoms with Gasteiger partial charge in [-0.3, -0.25) is 9.36 Å². The average Bonchev–Trinajstić information content (AvgIpc) is 3.39. The van der Waals surface area contributed by atoms with Crippen LogP contribution in [0.5, 0.6) is 0 Å². The van der Waals surface area contributed by atoms with E-state index in [-0.39, 0.29) is 19.1 Å². The highest BCUT2D eigenvalue weighted by Crippen LogP contribution is 2.38. The summed E-state index contributed by atoms with van der Waals surface area (Å²) in [4.78, 5) is 25.5. The highest BCUT2D eigenvalue weighted by atomic mass is 31.2. The van der Waals surface area contributed by atoms with Gasteiger partial charge in [-0.05, 0) is 103 Å². The maximum absolute atomic E-state index is 13.0. The number of amides is 1. The summed E-state index contributed by atoms with van der Waals surface area (Å²) >= 11 is 0. The zero-order valence-electron chi connectivity index (χ0n) is 49.8. The topological polar surface area (TPSA) is 108 Å². The summed E-state index contributed by atoms with van der Waals surface area (Å²) in [5, 5.41) is 14.0. The van der Waals surface area contributed by atoms with Crippen molar-refractivity contribution in [2.75, 3.05) is 40.9 Å². The Kier molecular flexibility index (Phi) is 54.4. The lowest BCUT2D eigenvalue weighted by molar-refractivity contribution is -0.870. The number of quaternary nitrogens is 1. The fourth-order valence-corrected chi connectivity index (χ4v) is 8.80. The van der Waals surface area contributed by atoms with Crippen LogP contribution in [-0.2, 0) is 18.4 Å². The van der Waals surface area contributed by atoms with Gasteiger partial charge in [0, 0.05) is 6.42 Å². The summed E-state index contributed by atoms with van der Waals surface area (Å²) in [5.41, 5.74) is 0. The quantitative estimate of drug-likeness (QED) is 0.0272. The van der Waals surface area contributed by atoms with Crippen molar-refractivity contribution in [2.24, 2.45) is 0 Å². The predicted molar refractivity (Wildman–Crippen MR) is 334 cm³/mol. The average molecular weight is 1090 g/mol. The second-order valence-electron chi connectivity index (χ2n) is 21.3. The number of phosphoric acid groups is 1. The molecule has 9 heteroatoms. The van der Waals surface area contributed by atoms with E-state index in [9.17, 15) is 19.4 Å². The van der Waals surface area contributed by atoms with Gasteiger partial charge in [-0.15, -0.1) is 0 Å². The van der Waals surface area contributed by atoms with Gasteiger partial charge in [0.15, 0.2) is 0 Å². The van der Waals surface area contributed by atoms with Gasteiger partial charge < -0.3 is 28.8 Å². The first-order chi connectivity index (χ1) is 37.5. The van der Waals surface area contributed by atoms with Crippen molar-refractivity contribution in [3.8, 4) is 0 Å². The lowest BCUT2D eigenvalue weighted by atomic mass is 10.0. The zero-order chi connectivity index (χ0) is 56.3. The van der Waals surface area contributed by atoms with Crippen LogP contribution in [0.15, 0.2) is 146 Å². The van der Waals surface area contributed by atoms with Crippen LogP contribution in [0.3, 0.4) is 0 Å². The molecule has 0 aliphatic heterocycles. The molecule has 0 aliphatic carbocycles. The minimum Gasteiger partial charge on any atom is -0.756 e. The number of hydrogen-bond donors (Lipinski definition) is 2. The van der Waals surface area contributed by atoms with Crippen LogP contribution in [0, 0.1) is 0 Å². The second kappa shape index (κ2) is 57.1. The third-order valence-electron chi connectivity index (χ3n) is 12.8. The fourth-order valence-electron chi connectivity index (χ4n) is 8.08. The molecule has 0 aromatic carbocycles. The number of likely N-dealkylation sites (N-methyl/N-ethyl adjacent to an activating group) is 1. The van der Waals surface area contributed by atoms with Gasteiger partial charge in [-0.25, -0.2) is 0 Å². The number of hydrogen-bond acceptors (Lipinski definition) is 6. The number of aliphatic hydroxyl groups is 1. The van der Waals surface area contributed by atoms with E-state index >= 15 is 0 Å². The van der Waals surface area contributed by atoms with Gasteiger partial charge in [-0.2, -0.15) is 0 Å². The highest BCUT2D eigenvalue weighted by molar-refractivity contribution is 7.45. The Morgan fingerprint density at radius 2 is 0.792 bits per heavy atom. The van der Waals surface area contributed by atoms with Crippen LogP contribution >= 0.6 is 7.82 Å². The van der Waals surface area contributed by atoms with Crippen molar-refractivity contribution < 1.29 is 32.9 Å². The first-order valence-corrected chi connectivity index (χ1v) is 32.1. The zero-order valence-corrected chi connectivity index (χ0v) is 50.7. The van der Waals surface area contributed by atoms with E-state index in [2.05, 4.69) is 165 Å². The van der Waals surface area contributed by atoms with Crippen molar-refractivity contribution in [2.45, 2.75) is 238 Å². The molecule has 0 heterocycles. The van der Waals surface area contributed by atoms with Crippen LogP contribution in [0.2, 0.25) is 0 Å². The molecule has 8 nitrogen and oxygen atoms in total. The smallest absolute Gasteiger partial charge is 0.268 e. The molecule has 3 atom stereocenters. The van der Waals surface area contributed by atoms with E-state index in [0.29, 0.717) is 30.3 Å². The summed E-state index contributed by atoms with van der Waals surface area (Å²) in [6.07, 6.45) is 87.5. The molecule has 0 aliphatic rings. The van der Waals surface area contributed by atoms with Gasteiger partial charge in [0.1, 0.15) is 13.2 Å². The van der Waals surface area contributed by atoms with Crippen molar-refractivity contribution in [3.05, 3.63) is 146 Å². The van der Waals surface area contributed by atoms with Crippen molar-refractivity contribution in [3.63, 3.8) is 0 Å². The van der Waals surface area contributed by atoms with Crippen LogP contribution in [-0.4, -0.2) is 68.5 Å².